The van der Waals surface area contributed by atoms with E-state index in [0.29, 0.717) is 0 Å². The molecule has 2 rings (SSSR count). The second-order valence-electron chi connectivity index (χ2n) is 3.14. The van der Waals surface area contributed by atoms with Gasteiger partial charge in [0, 0.05) is 0 Å². The summed E-state index contributed by atoms with van der Waals surface area (Å²) in [5, 5.41) is 4.70. The van der Waals surface area contributed by atoms with E-state index in [1.165, 1.54) is 0 Å². The Morgan fingerprint density at radius 2 is 2.07 bits per heavy atom. The third-order valence-electron chi connectivity index (χ3n) is 2.06. The Kier molecular flexibility index (Phi) is 1.96. The van der Waals surface area contributed by atoms with Crippen molar-refractivity contribution in [3.05, 3.63) is 42.3 Å². The molecule has 0 spiro atoms. The van der Waals surface area contributed by atoms with E-state index < -0.39 is 12.1 Å². The van der Waals surface area contributed by atoms with E-state index >= 15 is 0 Å². The molecule has 1 atom stereocenters. The maximum atomic E-state index is 11.3. The quantitative estimate of drug-likeness (QED) is 0.640. The molecule has 1 aliphatic heterocycles. The Balaban J connectivity index is 2.31. The van der Waals surface area contributed by atoms with Gasteiger partial charge in [-0.25, -0.2) is 4.79 Å². The predicted octanol–water partition coefficient (Wildman–Crippen LogP) is 0.749. The van der Waals surface area contributed by atoms with Gasteiger partial charge in [0.05, 0.1) is 0 Å². The predicted molar refractivity (Wildman–Crippen MR) is 50.3 cm³/mol. The highest BCUT2D eigenvalue weighted by Crippen LogP contribution is 2.17. The molecular formula is C10H9N2O2. The van der Waals surface area contributed by atoms with Gasteiger partial charge in [-0.1, -0.05) is 24.3 Å². The Bertz CT molecular complexity index is 401. The van der Waals surface area contributed by atoms with Crippen LogP contribution in [0.2, 0.25) is 0 Å². The largest absolute Gasteiger partial charge is 0.322 e. The molecule has 0 aromatic heterocycles. The van der Waals surface area contributed by atoms with E-state index in [0.717, 1.165) is 11.1 Å². The van der Waals surface area contributed by atoms with Gasteiger partial charge < -0.3 is 5.32 Å². The first kappa shape index (κ1) is 8.74. The van der Waals surface area contributed by atoms with Gasteiger partial charge >= 0.3 is 6.03 Å². The summed E-state index contributed by atoms with van der Waals surface area (Å²) in [7, 11) is 0. The van der Waals surface area contributed by atoms with Crippen molar-refractivity contribution in [1.29, 1.82) is 0 Å². The molecule has 1 saturated heterocycles. The number of carbonyl (C=O) groups is 2. The molecule has 2 N–H and O–H groups in total. The highest BCUT2D eigenvalue weighted by Gasteiger charge is 2.30. The van der Waals surface area contributed by atoms with Crippen LogP contribution in [0, 0.1) is 6.92 Å². The summed E-state index contributed by atoms with van der Waals surface area (Å²) in [6.45, 7) is 3.75. The van der Waals surface area contributed by atoms with Crippen molar-refractivity contribution in [2.75, 3.05) is 0 Å². The molecule has 1 fully saturated rings. The number of benzene rings is 1. The minimum atomic E-state index is -0.579. The van der Waals surface area contributed by atoms with Crippen molar-refractivity contribution in [3.8, 4) is 0 Å². The van der Waals surface area contributed by atoms with Crippen LogP contribution in [0.5, 0.6) is 0 Å². The lowest BCUT2D eigenvalue weighted by Gasteiger charge is -2.07. The van der Waals surface area contributed by atoms with Crippen LogP contribution in [-0.2, 0) is 4.79 Å². The number of nitrogens with one attached hydrogen (secondary N) is 2. The van der Waals surface area contributed by atoms with E-state index in [1.54, 1.807) is 18.2 Å². The third kappa shape index (κ3) is 1.46. The SMILES string of the molecule is [CH2]c1cccc(C2NC(=O)NC2=O)c1. The average molecular weight is 189 g/mol. The fraction of sp³-hybridized carbons (Fsp3) is 0.100. The third-order valence-corrected chi connectivity index (χ3v) is 2.06. The van der Waals surface area contributed by atoms with Crippen molar-refractivity contribution < 1.29 is 9.59 Å². The molecule has 1 aliphatic rings. The van der Waals surface area contributed by atoms with Gasteiger partial charge in [-0.15, -0.1) is 0 Å². The summed E-state index contributed by atoms with van der Waals surface area (Å²) in [5.74, 6) is -0.319. The minimum Gasteiger partial charge on any atom is -0.322 e. The van der Waals surface area contributed by atoms with Gasteiger partial charge in [0.25, 0.3) is 5.91 Å². The lowest BCUT2D eigenvalue weighted by atomic mass is 10.1. The number of amides is 3. The van der Waals surface area contributed by atoms with E-state index in [2.05, 4.69) is 17.6 Å². The zero-order chi connectivity index (χ0) is 10.1. The van der Waals surface area contributed by atoms with Crippen LogP contribution in [0.15, 0.2) is 24.3 Å². The van der Waals surface area contributed by atoms with Crippen LogP contribution in [0.3, 0.4) is 0 Å². The maximum Gasteiger partial charge on any atom is 0.322 e. The van der Waals surface area contributed by atoms with Crippen molar-refractivity contribution in [2.45, 2.75) is 6.04 Å². The van der Waals surface area contributed by atoms with Gasteiger partial charge in [-0.2, -0.15) is 0 Å². The molecule has 1 aromatic carbocycles. The Hall–Kier alpha value is -1.84. The second-order valence-corrected chi connectivity index (χ2v) is 3.14. The number of rotatable bonds is 1. The van der Waals surface area contributed by atoms with E-state index in [-0.39, 0.29) is 5.91 Å². The zero-order valence-corrected chi connectivity index (χ0v) is 7.41. The van der Waals surface area contributed by atoms with Crippen LogP contribution < -0.4 is 10.6 Å². The topological polar surface area (TPSA) is 58.2 Å². The molecule has 1 radical (unpaired) electrons. The smallest absolute Gasteiger partial charge is 0.322 e. The van der Waals surface area contributed by atoms with Crippen LogP contribution in [-0.4, -0.2) is 11.9 Å². The summed E-state index contributed by atoms with van der Waals surface area (Å²) in [4.78, 5) is 22.1. The summed E-state index contributed by atoms with van der Waals surface area (Å²) < 4.78 is 0. The molecule has 14 heavy (non-hydrogen) atoms. The fourth-order valence-electron chi connectivity index (χ4n) is 1.42. The Morgan fingerprint density at radius 1 is 1.29 bits per heavy atom. The molecule has 0 aliphatic carbocycles. The summed E-state index contributed by atoms with van der Waals surface area (Å²) >= 11 is 0. The molecule has 0 saturated carbocycles. The number of carbonyl (C=O) groups excluding carboxylic acids is 2. The molecule has 1 aromatic rings. The second kappa shape index (κ2) is 3.14. The first-order chi connectivity index (χ1) is 6.66. The van der Waals surface area contributed by atoms with E-state index in [9.17, 15) is 9.59 Å². The van der Waals surface area contributed by atoms with Crippen molar-refractivity contribution in [3.63, 3.8) is 0 Å². The highest BCUT2D eigenvalue weighted by atomic mass is 16.2. The van der Waals surface area contributed by atoms with Crippen molar-refractivity contribution in [1.82, 2.24) is 10.6 Å². The van der Waals surface area contributed by atoms with Crippen LogP contribution in [0.4, 0.5) is 4.79 Å². The maximum absolute atomic E-state index is 11.3. The number of imide groups is 1. The molecular weight excluding hydrogens is 180 g/mol. The number of urea groups is 1. The van der Waals surface area contributed by atoms with Gasteiger partial charge in [-0.05, 0) is 18.1 Å². The Labute approximate surface area is 81.3 Å². The normalized spacial score (nSPS) is 20.5. The van der Waals surface area contributed by atoms with E-state index in [1.807, 2.05) is 6.07 Å². The summed E-state index contributed by atoms with van der Waals surface area (Å²) in [6, 6.07) is 6.16. The van der Waals surface area contributed by atoms with Crippen molar-refractivity contribution >= 4 is 11.9 Å². The van der Waals surface area contributed by atoms with Gasteiger partial charge in [0.15, 0.2) is 0 Å². The van der Waals surface area contributed by atoms with Gasteiger partial charge in [-0.3, -0.25) is 10.1 Å². The molecule has 0 bridgehead atoms. The highest BCUT2D eigenvalue weighted by molar-refractivity contribution is 6.04. The summed E-state index contributed by atoms with van der Waals surface area (Å²) in [5.41, 5.74) is 1.57. The number of hydrogen-bond donors (Lipinski definition) is 2. The van der Waals surface area contributed by atoms with Gasteiger partial charge in [0.1, 0.15) is 6.04 Å². The van der Waals surface area contributed by atoms with Crippen LogP contribution in [0.25, 0.3) is 0 Å². The molecule has 71 valence electrons. The van der Waals surface area contributed by atoms with Crippen LogP contribution in [0.1, 0.15) is 17.2 Å². The number of hydrogen-bond acceptors (Lipinski definition) is 2. The fourth-order valence-corrected chi connectivity index (χ4v) is 1.42. The van der Waals surface area contributed by atoms with Crippen LogP contribution >= 0.6 is 0 Å². The Morgan fingerprint density at radius 3 is 2.64 bits per heavy atom. The first-order valence-corrected chi connectivity index (χ1v) is 4.20. The molecule has 1 heterocycles. The van der Waals surface area contributed by atoms with E-state index in [4.69, 9.17) is 0 Å². The monoisotopic (exact) mass is 189 g/mol. The van der Waals surface area contributed by atoms with Crippen molar-refractivity contribution in [2.24, 2.45) is 0 Å². The molecule has 3 amide bonds. The average Bonchev–Trinajstić information content (AvgIpc) is 2.45. The summed E-state index contributed by atoms with van der Waals surface area (Å²) in [6.07, 6.45) is 0. The van der Waals surface area contributed by atoms with Gasteiger partial charge in [0.2, 0.25) is 0 Å². The lowest BCUT2D eigenvalue weighted by Crippen LogP contribution is -2.22. The standard InChI is InChI=1S/C10H9N2O2/c1-6-3-2-4-7(5-6)8-9(13)12-10(14)11-8/h2-5,8H,1H2,(H2,11,12,13,14). The molecule has 4 heteroatoms. The zero-order valence-electron chi connectivity index (χ0n) is 7.41. The minimum absolute atomic E-state index is 0.319. The molecule has 4 nitrogen and oxygen atoms in total. The first-order valence-electron chi connectivity index (χ1n) is 4.20. The lowest BCUT2D eigenvalue weighted by molar-refractivity contribution is -0.120. The molecule has 1 unspecified atom stereocenters.